The van der Waals surface area contributed by atoms with Crippen LogP contribution in [-0.4, -0.2) is 17.0 Å². The largest absolute Gasteiger partial charge is 0.480 e. The van der Waals surface area contributed by atoms with Gasteiger partial charge < -0.3 is 10.4 Å². The van der Waals surface area contributed by atoms with E-state index in [2.05, 4.69) is 5.32 Å². The molecule has 1 heterocycles. The number of aliphatic carboxylic acids is 1. The number of thiophene rings is 1. The van der Waals surface area contributed by atoms with E-state index < -0.39 is 17.3 Å². The number of carboxylic acids is 1. The number of hydrogen-bond acceptors (Lipinski definition) is 3. The Kier molecular flexibility index (Phi) is 2.26. The topological polar surface area (TPSA) is 66.4 Å². The number of carboxylic acid groups (broad SMARTS) is 1. The third kappa shape index (κ3) is 1.63. The Labute approximate surface area is 90.9 Å². The summed E-state index contributed by atoms with van der Waals surface area (Å²) >= 11 is 1.49. The van der Waals surface area contributed by atoms with Crippen LogP contribution in [0, 0.1) is 12.3 Å². The van der Waals surface area contributed by atoms with Crippen molar-refractivity contribution in [2.24, 2.45) is 5.41 Å². The van der Waals surface area contributed by atoms with Crippen LogP contribution in [0.1, 0.15) is 18.4 Å². The molecule has 1 aromatic rings. The van der Waals surface area contributed by atoms with E-state index in [4.69, 9.17) is 5.11 Å². The molecule has 0 radical (unpaired) electrons. The van der Waals surface area contributed by atoms with Gasteiger partial charge in [-0.05, 0) is 30.7 Å². The number of rotatable bonds is 3. The van der Waals surface area contributed by atoms with Crippen molar-refractivity contribution in [1.82, 2.24) is 0 Å². The van der Waals surface area contributed by atoms with Crippen LogP contribution in [0.4, 0.5) is 5.69 Å². The maximum atomic E-state index is 11.7. The molecule has 0 saturated heterocycles. The Balaban J connectivity index is 2.11. The van der Waals surface area contributed by atoms with Crippen LogP contribution in [0.25, 0.3) is 0 Å². The quantitative estimate of drug-likeness (QED) is 0.771. The molecule has 5 heteroatoms. The first-order valence-electron chi connectivity index (χ1n) is 4.64. The van der Waals surface area contributed by atoms with Crippen LogP contribution in [0.3, 0.4) is 0 Å². The Bertz CT molecular complexity index is 420. The molecule has 0 aliphatic heterocycles. The van der Waals surface area contributed by atoms with E-state index in [1.165, 1.54) is 11.3 Å². The van der Waals surface area contributed by atoms with Crippen LogP contribution in [-0.2, 0) is 9.59 Å². The number of hydrogen-bond donors (Lipinski definition) is 2. The van der Waals surface area contributed by atoms with Gasteiger partial charge in [-0.3, -0.25) is 9.59 Å². The summed E-state index contributed by atoms with van der Waals surface area (Å²) in [5.74, 6) is -1.41. The van der Waals surface area contributed by atoms with E-state index in [0.717, 1.165) is 11.3 Å². The van der Waals surface area contributed by atoms with Crippen molar-refractivity contribution in [2.45, 2.75) is 19.8 Å². The van der Waals surface area contributed by atoms with Gasteiger partial charge in [0.25, 0.3) is 0 Å². The number of carbonyl (C=O) groups excluding carboxylic acids is 1. The van der Waals surface area contributed by atoms with Crippen LogP contribution in [0.5, 0.6) is 0 Å². The Morgan fingerprint density at radius 1 is 1.47 bits per heavy atom. The minimum Gasteiger partial charge on any atom is -0.480 e. The normalized spacial score (nSPS) is 17.1. The van der Waals surface area contributed by atoms with Crippen molar-refractivity contribution in [3.63, 3.8) is 0 Å². The summed E-state index contributed by atoms with van der Waals surface area (Å²) in [5, 5.41) is 15.3. The van der Waals surface area contributed by atoms with Gasteiger partial charge >= 0.3 is 5.97 Å². The number of aryl methyl sites for hydroxylation is 1. The molecule has 1 aromatic heterocycles. The highest BCUT2D eigenvalue weighted by molar-refractivity contribution is 7.08. The van der Waals surface area contributed by atoms with E-state index in [-0.39, 0.29) is 0 Å². The van der Waals surface area contributed by atoms with Gasteiger partial charge in [-0.15, -0.1) is 11.3 Å². The number of nitrogens with one attached hydrogen (secondary N) is 1. The Morgan fingerprint density at radius 3 is 2.53 bits per heavy atom. The fourth-order valence-electron chi connectivity index (χ4n) is 1.39. The first kappa shape index (κ1) is 10.2. The molecule has 15 heavy (non-hydrogen) atoms. The fraction of sp³-hybridized carbons (Fsp3) is 0.400. The summed E-state index contributed by atoms with van der Waals surface area (Å²) in [4.78, 5) is 22.6. The van der Waals surface area contributed by atoms with Gasteiger partial charge in [-0.25, -0.2) is 0 Å². The van der Waals surface area contributed by atoms with Gasteiger partial charge in [0.1, 0.15) is 5.41 Å². The molecular weight excluding hydrogens is 214 g/mol. The maximum absolute atomic E-state index is 11.7. The molecule has 0 bridgehead atoms. The number of amides is 1. The average molecular weight is 225 g/mol. The Hall–Kier alpha value is -1.36. The second-order valence-electron chi connectivity index (χ2n) is 3.81. The predicted molar refractivity (Wildman–Crippen MR) is 57.0 cm³/mol. The highest BCUT2D eigenvalue weighted by Crippen LogP contribution is 2.46. The lowest BCUT2D eigenvalue weighted by Gasteiger charge is -2.10. The monoisotopic (exact) mass is 225 g/mol. The second kappa shape index (κ2) is 3.34. The number of anilines is 1. The van der Waals surface area contributed by atoms with Crippen LogP contribution in [0.2, 0.25) is 0 Å². The SMILES string of the molecule is Cc1cscc1NC(=O)C1(C(=O)O)CC1. The molecule has 1 aliphatic rings. The lowest BCUT2D eigenvalue weighted by Crippen LogP contribution is -2.31. The first-order chi connectivity index (χ1) is 7.06. The number of carbonyl (C=O) groups is 2. The van der Waals surface area contributed by atoms with E-state index in [1.54, 1.807) is 0 Å². The van der Waals surface area contributed by atoms with Crippen LogP contribution < -0.4 is 5.32 Å². The minimum atomic E-state index is -1.16. The van der Waals surface area contributed by atoms with Crippen LogP contribution in [0.15, 0.2) is 10.8 Å². The third-order valence-corrected chi connectivity index (χ3v) is 3.56. The zero-order chi connectivity index (χ0) is 11.1. The molecule has 0 aromatic carbocycles. The highest BCUT2D eigenvalue weighted by Gasteiger charge is 2.57. The van der Waals surface area contributed by atoms with Gasteiger partial charge in [0, 0.05) is 5.38 Å². The van der Waals surface area contributed by atoms with E-state index in [9.17, 15) is 9.59 Å². The van der Waals surface area contributed by atoms with Crippen molar-refractivity contribution in [1.29, 1.82) is 0 Å². The molecule has 1 aliphatic carbocycles. The molecule has 2 rings (SSSR count). The van der Waals surface area contributed by atoms with Crippen molar-refractivity contribution < 1.29 is 14.7 Å². The zero-order valence-electron chi connectivity index (χ0n) is 8.24. The molecule has 1 saturated carbocycles. The predicted octanol–water partition coefficient (Wildman–Crippen LogP) is 1.86. The zero-order valence-corrected chi connectivity index (χ0v) is 9.06. The fourth-order valence-corrected chi connectivity index (χ4v) is 2.17. The smallest absolute Gasteiger partial charge is 0.319 e. The van der Waals surface area contributed by atoms with E-state index in [0.29, 0.717) is 12.8 Å². The third-order valence-electron chi connectivity index (χ3n) is 2.70. The molecule has 0 spiro atoms. The molecule has 0 unspecified atom stereocenters. The van der Waals surface area contributed by atoms with Gasteiger partial charge in [0.15, 0.2) is 0 Å². The molecule has 4 nitrogen and oxygen atoms in total. The molecular formula is C10H11NO3S. The summed E-state index contributed by atoms with van der Waals surface area (Å²) in [6.45, 7) is 1.88. The van der Waals surface area contributed by atoms with Crippen molar-refractivity contribution in [2.75, 3.05) is 5.32 Å². The molecule has 1 amide bonds. The maximum Gasteiger partial charge on any atom is 0.319 e. The summed E-state index contributed by atoms with van der Waals surface area (Å²) < 4.78 is 0. The summed E-state index contributed by atoms with van der Waals surface area (Å²) in [7, 11) is 0. The van der Waals surface area contributed by atoms with Gasteiger partial charge in [-0.1, -0.05) is 0 Å². The van der Waals surface area contributed by atoms with Crippen molar-refractivity contribution >= 4 is 28.9 Å². The highest BCUT2D eigenvalue weighted by atomic mass is 32.1. The van der Waals surface area contributed by atoms with Crippen molar-refractivity contribution in [3.05, 3.63) is 16.3 Å². The Morgan fingerprint density at radius 2 is 2.13 bits per heavy atom. The van der Waals surface area contributed by atoms with Gasteiger partial charge in [0.05, 0.1) is 5.69 Å². The average Bonchev–Trinajstić information content (AvgIpc) is 2.89. The van der Waals surface area contributed by atoms with Crippen LogP contribution >= 0.6 is 11.3 Å². The lowest BCUT2D eigenvalue weighted by atomic mass is 10.1. The van der Waals surface area contributed by atoms with Gasteiger partial charge in [-0.2, -0.15) is 0 Å². The first-order valence-corrected chi connectivity index (χ1v) is 5.58. The summed E-state index contributed by atoms with van der Waals surface area (Å²) in [6, 6.07) is 0. The molecule has 80 valence electrons. The molecule has 2 N–H and O–H groups in total. The second-order valence-corrected chi connectivity index (χ2v) is 4.55. The lowest BCUT2D eigenvalue weighted by molar-refractivity contribution is -0.147. The van der Waals surface area contributed by atoms with Gasteiger partial charge in [0.2, 0.25) is 5.91 Å². The van der Waals surface area contributed by atoms with E-state index in [1.807, 2.05) is 17.7 Å². The van der Waals surface area contributed by atoms with E-state index >= 15 is 0 Å². The standard InChI is InChI=1S/C10H11NO3S/c1-6-4-15-5-7(6)11-8(12)10(2-3-10)9(13)14/h4-5H,2-3H2,1H3,(H,11,12)(H,13,14). The van der Waals surface area contributed by atoms with Crippen molar-refractivity contribution in [3.8, 4) is 0 Å². The summed E-state index contributed by atoms with van der Waals surface area (Å²) in [5.41, 5.74) is 0.529. The molecule has 1 fully saturated rings. The summed E-state index contributed by atoms with van der Waals surface area (Å²) in [6.07, 6.45) is 0.884. The molecule has 0 atom stereocenters. The minimum absolute atomic E-state index is 0.392.